The predicted molar refractivity (Wildman–Crippen MR) is 82.2 cm³/mol. The number of carbonyl (C=O) groups excluding carboxylic acids is 1. The van der Waals surface area contributed by atoms with Gasteiger partial charge in [0, 0.05) is 5.56 Å². The maximum atomic E-state index is 12.0. The highest BCUT2D eigenvalue weighted by Gasteiger charge is 2.28. The van der Waals surface area contributed by atoms with Crippen molar-refractivity contribution in [2.75, 3.05) is 5.75 Å². The van der Waals surface area contributed by atoms with Crippen LogP contribution in [-0.4, -0.2) is 20.1 Å². The number of fused-ring (bicyclic) bond motifs is 1. The fourth-order valence-electron chi connectivity index (χ4n) is 2.28. The average Bonchev–Trinajstić information content (AvgIpc) is 2.81. The Morgan fingerprint density at radius 1 is 1.27 bits per heavy atom. The third-order valence-electron chi connectivity index (χ3n) is 3.45. The summed E-state index contributed by atoms with van der Waals surface area (Å²) in [6.45, 7) is 1.81. The fraction of sp³-hybridized carbons (Fsp3) is 0.200. The molecular weight excluding hydrogens is 322 g/mol. The Bertz CT molecular complexity index is 913. The summed E-state index contributed by atoms with van der Waals surface area (Å²) in [4.78, 5) is 17.0. The van der Waals surface area contributed by atoms with Gasteiger partial charge >= 0.3 is 5.97 Å². The zero-order valence-corrected chi connectivity index (χ0v) is 13.4. The summed E-state index contributed by atoms with van der Waals surface area (Å²) >= 11 is 1.17. The lowest BCUT2D eigenvalue weighted by atomic mass is 10.1. The van der Waals surface area contributed by atoms with Crippen LogP contribution < -0.4 is 5.36 Å². The van der Waals surface area contributed by atoms with E-state index in [0.717, 1.165) is 5.56 Å². The van der Waals surface area contributed by atoms with E-state index in [1.165, 1.54) is 11.3 Å². The molecule has 2 heterocycles. The second-order valence-electron chi connectivity index (χ2n) is 4.93. The van der Waals surface area contributed by atoms with Gasteiger partial charge in [-0.2, -0.15) is 0 Å². The quantitative estimate of drug-likeness (QED) is 0.622. The molecule has 0 bridgehead atoms. The van der Waals surface area contributed by atoms with E-state index < -0.39 is 15.8 Å². The minimum absolute atomic E-state index is 0.0805. The molecule has 1 aromatic carbocycles. The van der Waals surface area contributed by atoms with Crippen molar-refractivity contribution in [1.82, 2.24) is 0 Å². The molecule has 1 aliphatic rings. The molecule has 0 N–H and O–H groups in total. The van der Waals surface area contributed by atoms with Crippen molar-refractivity contribution in [3.63, 3.8) is 0 Å². The molecule has 0 radical (unpaired) electrons. The van der Waals surface area contributed by atoms with Crippen LogP contribution in [0.5, 0.6) is 0 Å². The van der Waals surface area contributed by atoms with Crippen molar-refractivity contribution in [3.8, 4) is 0 Å². The highest BCUT2D eigenvalue weighted by Crippen LogP contribution is 2.26. The molecule has 0 spiro atoms. The van der Waals surface area contributed by atoms with Crippen LogP contribution in [0.1, 0.15) is 21.5 Å². The number of hydrogen-bond acceptors (Lipinski definition) is 6. The van der Waals surface area contributed by atoms with Crippen LogP contribution in [0, 0.1) is 6.92 Å². The lowest BCUT2D eigenvalue weighted by molar-refractivity contribution is 0.0496. The first kappa shape index (κ1) is 14.9. The van der Waals surface area contributed by atoms with Crippen LogP contribution in [0.2, 0.25) is 0 Å². The smallest absolute Gasteiger partial charge is 0.312 e. The molecule has 22 heavy (non-hydrogen) atoms. The molecule has 0 atom stereocenters. The topological polar surface area (TPSA) is 72.8 Å². The lowest BCUT2D eigenvalue weighted by Crippen LogP contribution is -2.12. The van der Waals surface area contributed by atoms with Crippen LogP contribution in [0.4, 0.5) is 0 Å². The molecule has 1 aliphatic heterocycles. The van der Waals surface area contributed by atoms with E-state index in [1.807, 2.05) is 19.1 Å². The van der Waals surface area contributed by atoms with Crippen LogP contribution in [0.15, 0.2) is 45.1 Å². The third-order valence-corrected chi connectivity index (χ3v) is 6.79. The second-order valence-corrected chi connectivity index (χ2v) is 8.15. The van der Waals surface area contributed by atoms with Crippen molar-refractivity contribution in [1.29, 1.82) is 0 Å². The minimum atomic E-state index is -3.21. The van der Waals surface area contributed by atoms with E-state index in [9.17, 15) is 13.2 Å². The van der Waals surface area contributed by atoms with Crippen molar-refractivity contribution in [2.45, 2.75) is 17.6 Å². The third kappa shape index (κ3) is 2.69. The first-order chi connectivity index (χ1) is 10.5. The van der Waals surface area contributed by atoms with Gasteiger partial charge in [0.25, 0.3) is 0 Å². The van der Waals surface area contributed by atoms with Gasteiger partial charge in [-0.25, -0.2) is 13.2 Å². The number of hydrogen-bond donors (Lipinski definition) is 0. The van der Waals surface area contributed by atoms with Crippen LogP contribution in [-0.2, 0) is 21.1 Å². The van der Waals surface area contributed by atoms with Gasteiger partial charge in [0.15, 0.2) is 9.84 Å². The number of aryl methyl sites for hydroxylation is 1. The fourth-order valence-corrected chi connectivity index (χ4v) is 5.20. The molecule has 0 unspecified atom stereocenters. The molecule has 1 aromatic heterocycles. The molecule has 0 amide bonds. The maximum absolute atomic E-state index is 12.0. The number of benzene rings is 1. The average molecular weight is 335 g/mol. The Morgan fingerprint density at radius 2 is 2.05 bits per heavy atom. The Balaban J connectivity index is 1.94. The molecule has 3 rings (SSSR count). The maximum Gasteiger partial charge on any atom is 0.366 e. The molecule has 0 saturated heterocycles. The van der Waals surface area contributed by atoms with E-state index in [1.54, 1.807) is 23.6 Å². The Labute approximate surface area is 131 Å². The highest BCUT2D eigenvalue weighted by molar-refractivity contribution is 7.93. The summed E-state index contributed by atoms with van der Waals surface area (Å²) in [7, 11) is -3.21. The molecule has 7 heteroatoms. The molecule has 0 aliphatic carbocycles. The van der Waals surface area contributed by atoms with Gasteiger partial charge in [-0.15, -0.1) is 11.3 Å². The summed E-state index contributed by atoms with van der Waals surface area (Å²) in [6.07, 6.45) is 0.399. The van der Waals surface area contributed by atoms with Gasteiger partial charge in [-0.3, -0.25) is 0 Å². The molecule has 0 fully saturated rings. The number of rotatable bonds is 2. The van der Waals surface area contributed by atoms with Crippen LogP contribution in [0.25, 0.3) is 0 Å². The normalized spacial score (nSPS) is 16.3. The molecular formula is C15H13NO4S2. The molecule has 114 valence electrons. The summed E-state index contributed by atoms with van der Waals surface area (Å²) < 4.78 is 24.1. The van der Waals surface area contributed by atoms with Gasteiger partial charge in [0.2, 0.25) is 0 Å². The monoisotopic (exact) mass is 335 g/mol. The number of carbonyl (C=O) groups is 1. The van der Waals surface area contributed by atoms with Crippen molar-refractivity contribution in [3.05, 3.63) is 57.8 Å². The predicted octanol–water partition coefficient (Wildman–Crippen LogP) is 2.06. The lowest BCUT2D eigenvalue weighted by Gasteiger charge is -2.02. The first-order valence-corrected chi connectivity index (χ1v) is 9.17. The van der Waals surface area contributed by atoms with Gasteiger partial charge in [0.05, 0.1) is 11.3 Å². The van der Waals surface area contributed by atoms with Crippen molar-refractivity contribution >= 4 is 27.1 Å². The largest absolute Gasteiger partial charge is 0.366 e. The zero-order valence-electron chi connectivity index (χ0n) is 11.8. The van der Waals surface area contributed by atoms with Crippen molar-refractivity contribution in [2.24, 2.45) is 5.16 Å². The SMILES string of the molecule is Cc1ccccc1C(=O)O/N=c1\ccsc2c1CCS2(=O)=O. The zero-order chi connectivity index (χ0) is 15.7. The standard InChI is InChI=1S/C15H13NO4S2/c1-10-4-2-3-5-11(10)14(17)20-16-13-6-8-21-15-12(13)7-9-22(15,18)19/h2-6,8H,7,9H2,1H3/b16-13+. The van der Waals surface area contributed by atoms with Gasteiger partial charge < -0.3 is 4.84 Å². The summed E-state index contributed by atoms with van der Waals surface area (Å²) in [5.41, 5.74) is 1.87. The van der Waals surface area contributed by atoms with Crippen molar-refractivity contribution < 1.29 is 18.0 Å². The molecule has 2 aromatic rings. The summed E-state index contributed by atoms with van der Waals surface area (Å²) in [5.74, 6) is -0.475. The minimum Gasteiger partial charge on any atom is -0.312 e. The molecule has 5 nitrogen and oxygen atoms in total. The van der Waals surface area contributed by atoms with Crippen LogP contribution in [0.3, 0.4) is 0 Å². The Kier molecular flexibility index (Phi) is 3.84. The summed E-state index contributed by atoms with van der Waals surface area (Å²) in [5, 5.41) is 5.89. The summed E-state index contributed by atoms with van der Waals surface area (Å²) in [6, 6.07) is 8.72. The van der Waals surface area contributed by atoms with E-state index in [0.29, 0.717) is 27.1 Å². The first-order valence-electron chi connectivity index (χ1n) is 6.63. The Hall–Kier alpha value is -1.99. The van der Waals surface area contributed by atoms with Gasteiger partial charge in [-0.05, 0) is 36.4 Å². The van der Waals surface area contributed by atoms with Gasteiger partial charge in [-0.1, -0.05) is 23.4 Å². The Morgan fingerprint density at radius 3 is 2.82 bits per heavy atom. The highest BCUT2D eigenvalue weighted by atomic mass is 32.2. The number of sulfone groups is 1. The van der Waals surface area contributed by atoms with Gasteiger partial charge in [0.1, 0.15) is 9.57 Å². The number of nitrogens with zero attached hydrogens (tertiary/aromatic N) is 1. The van der Waals surface area contributed by atoms with E-state index in [2.05, 4.69) is 5.16 Å². The van der Waals surface area contributed by atoms with Crippen LogP contribution >= 0.6 is 11.3 Å². The van der Waals surface area contributed by atoms with E-state index >= 15 is 0 Å². The second kappa shape index (κ2) is 5.66. The molecule has 0 saturated carbocycles. The van der Waals surface area contributed by atoms with E-state index in [-0.39, 0.29) is 5.75 Å². The van der Waals surface area contributed by atoms with E-state index in [4.69, 9.17) is 4.84 Å².